The smallest absolute Gasteiger partial charge is 0.392 e. The zero-order valence-corrected chi connectivity index (χ0v) is 15.0. The molecule has 0 aliphatic carbocycles. The van der Waals surface area contributed by atoms with Crippen molar-refractivity contribution < 1.29 is 27.8 Å². The Bertz CT molecular complexity index is 620. The van der Waals surface area contributed by atoms with Crippen molar-refractivity contribution in [3.8, 4) is 5.75 Å². The van der Waals surface area contributed by atoms with E-state index in [9.17, 15) is 18.0 Å². The Morgan fingerprint density at radius 3 is 2.69 bits per heavy atom. The van der Waals surface area contributed by atoms with E-state index in [1.54, 1.807) is 38.1 Å². The van der Waals surface area contributed by atoms with E-state index in [-0.39, 0.29) is 39.3 Å². The summed E-state index contributed by atoms with van der Waals surface area (Å²) in [7, 11) is 0. The molecular weight excluding hydrogens is 349 g/mol. The molecule has 1 aromatic carbocycles. The number of ether oxygens (including phenoxy) is 1. The van der Waals surface area contributed by atoms with Crippen molar-refractivity contribution in [1.82, 2.24) is 10.2 Å². The number of piperidine rings is 1. The standard InChI is InChI=1S/C18H25F3N2O3/c1-17(2)12-23(8-7-15(17)18(19,20)21)16(25)22-11-13-5-3-4-6-14(13)26-10-9-24/h3-6,15,24H,7-12H2,1-2H3,(H,22,25). The maximum Gasteiger partial charge on any atom is 0.392 e. The predicted molar refractivity (Wildman–Crippen MR) is 90.8 cm³/mol. The highest BCUT2D eigenvalue weighted by atomic mass is 19.4. The number of alkyl halides is 3. The number of para-hydroxylation sites is 1. The van der Waals surface area contributed by atoms with E-state index in [1.807, 2.05) is 0 Å². The SMILES string of the molecule is CC1(C)CN(C(=O)NCc2ccccc2OCCO)CCC1C(F)(F)F. The van der Waals surface area contributed by atoms with Crippen LogP contribution in [0.3, 0.4) is 0 Å². The second-order valence-electron chi connectivity index (χ2n) is 7.13. The summed E-state index contributed by atoms with van der Waals surface area (Å²) in [6, 6.07) is 6.70. The minimum absolute atomic E-state index is 0.0473. The van der Waals surface area contributed by atoms with Crippen LogP contribution in [-0.4, -0.2) is 48.5 Å². The minimum atomic E-state index is -4.25. The van der Waals surface area contributed by atoms with E-state index in [1.165, 1.54) is 4.90 Å². The first-order valence-corrected chi connectivity index (χ1v) is 8.56. The van der Waals surface area contributed by atoms with Gasteiger partial charge in [0.25, 0.3) is 0 Å². The molecule has 0 bridgehead atoms. The van der Waals surface area contributed by atoms with Gasteiger partial charge in [-0.1, -0.05) is 32.0 Å². The molecule has 2 N–H and O–H groups in total. The van der Waals surface area contributed by atoms with E-state index in [0.717, 1.165) is 5.56 Å². The second kappa shape index (κ2) is 8.16. The zero-order chi connectivity index (χ0) is 19.4. The van der Waals surface area contributed by atoms with Crippen LogP contribution in [0.4, 0.5) is 18.0 Å². The van der Waals surface area contributed by atoms with Gasteiger partial charge >= 0.3 is 12.2 Å². The van der Waals surface area contributed by atoms with Gasteiger partial charge in [0.1, 0.15) is 12.4 Å². The Kier molecular flexibility index (Phi) is 6.39. The maximum atomic E-state index is 13.1. The fourth-order valence-electron chi connectivity index (χ4n) is 3.37. The highest BCUT2D eigenvalue weighted by molar-refractivity contribution is 5.74. The number of carbonyl (C=O) groups is 1. The van der Waals surface area contributed by atoms with Gasteiger partial charge in [0.05, 0.1) is 12.5 Å². The first-order chi connectivity index (χ1) is 12.1. The number of nitrogens with zero attached hydrogens (tertiary/aromatic N) is 1. The number of hydrogen-bond acceptors (Lipinski definition) is 3. The number of aliphatic hydroxyl groups is 1. The molecule has 2 rings (SSSR count). The average Bonchev–Trinajstić information content (AvgIpc) is 2.56. The highest BCUT2D eigenvalue weighted by Crippen LogP contribution is 2.45. The Morgan fingerprint density at radius 2 is 2.08 bits per heavy atom. The number of aliphatic hydroxyl groups excluding tert-OH is 1. The van der Waals surface area contributed by atoms with Gasteiger partial charge in [0.2, 0.25) is 0 Å². The van der Waals surface area contributed by atoms with Gasteiger partial charge < -0.3 is 20.1 Å². The van der Waals surface area contributed by atoms with Crippen molar-refractivity contribution in [3.63, 3.8) is 0 Å². The van der Waals surface area contributed by atoms with Crippen molar-refractivity contribution in [3.05, 3.63) is 29.8 Å². The molecule has 8 heteroatoms. The molecule has 0 radical (unpaired) electrons. The summed E-state index contributed by atoms with van der Waals surface area (Å²) in [5.41, 5.74) is -0.297. The van der Waals surface area contributed by atoms with Crippen LogP contribution in [0.1, 0.15) is 25.8 Å². The van der Waals surface area contributed by atoms with Crippen LogP contribution in [0.5, 0.6) is 5.75 Å². The molecule has 26 heavy (non-hydrogen) atoms. The summed E-state index contributed by atoms with van der Waals surface area (Å²) in [5.74, 6) is -0.857. The minimum Gasteiger partial charge on any atom is -0.491 e. The Morgan fingerprint density at radius 1 is 1.38 bits per heavy atom. The summed E-state index contributed by atoms with van der Waals surface area (Å²) in [5, 5.41) is 11.6. The van der Waals surface area contributed by atoms with Gasteiger partial charge in [-0.2, -0.15) is 13.2 Å². The highest BCUT2D eigenvalue weighted by Gasteiger charge is 2.51. The van der Waals surface area contributed by atoms with Crippen molar-refractivity contribution in [2.45, 2.75) is 33.0 Å². The largest absolute Gasteiger partial charge is 0.491 e. The van der Waals surface area contributed by atoms with Crippen molar-refractivity contribution in [2.24, 2.45) is 11.3 Å². The van der Waals surface area contributed by atoms with Crippen LogP contribution in [0, 0.1) is 11.3 Å². The lowest BCUT2D eigenvalue weighted by Gasteiger charge is -2.44. The van der Waals surface area contributed by atoms with Gasteiger partial charge in [-0.3, -0.25) is 0 Å². The lowest BCUT2D eigenvalue weighted by atomic mass is 9.73. The molecule has 2 amide bonds. The average molecular weight is 374 g/mol. The van der Waals surface area contributed by atoms with Crippen molar-refractivity contribution in [1.29, 1.82) is 0 Å². The monoisotopic (exact) mass is 374 g/mol. The summed E-state index contributed by atoms with van der Waals surface area (Å²) >= 11 is 0. The predicted octanol–water partition coefficient (Wildman–Crippen LogP) is 3.18. The second-order valence-corrected chi connectivity index (χ2v) is 7.13. The number of urea groups is 1. The summed E-state index contributed by atoms with van der Waals surface area (Å²) in [6.07, 6.45) is -4.35. The van der Waals surface area contributed by atoms with E-state index >= 15 is 0 Å². The fraction of sp³-hybridized carbons (Fsp3) is 0.611. The van der Waals surface area contributed by atoms with Gasteiger partial charge in [0.15, 0.2) is 0 Å². The summed E-state index contributed by atoms with van der Waals surface area (Å²) < 4.78 is 44.8. The number of rotatable bonds is 5. The summed E-state index contributed by atoms with van der Waals surface area (Å²) in [4.78, 5) is 13.8. The van der Waals surface area contributed by atoms with E-state index in [4.69, 9.17) is 9.84 Å². The quantitative estimate of drug-likeness (QED) is 0.832. The molecule has 1 aliphatic heterocycles. The molecule has 1 unspecified atom stereocenters. The number of halogens is 3. The first kappa shape index (κ1) is 20.4. The fourth-order valence-corrected chi connectivity index (χ4v) is 3.37. The lowest BCUT2D eigenvalue weighted by Crippen LogP contribution is -2.54. The van der Waals surface area contributed by atoms with E-state index < -0.39 is 23.5 Å². The molecule has 1 aliphatic rings. The van der Waals surface area contributed by atoms with Crippen molar-refractivity contribution in [2.75, 3.05) is 26.3 Å². The molecule has 0 spiro atoms. The molecule has 1 atom stereocenters. The first-order valence-electron chi connectivity index (χ1n) is 8.56. The summed E-state index contributed by atoms with van der Waals surface area (Å²) in [6.45, 7) is 3.42. The molecule has 1 aromatic rings. The molecule has 1 saturated heterocycles. The van der Waals surface area contributed by atoms with Gasteiger partial charge in [-0.05, 0) is 17.9 Å². The third-order valence-electron chi connectivity index (χ3n) is 4.66. The number of amides is 2. The van der Waals surface area contributed by atoms with Crippen LogP contribution in [0.2, 0.25) is 0 Å². The topological polar surface area (TPSA) is 61.8 Å². The van der Waals surface area contributed by atoms with Crippen LogP contribution < -0.4 is 10.1 Å². The molecule has 1 fully saturated rings. The van der Waals surface area contributed by atoms with E-state index in [0.29, 0.717) is 5.75 Å². The number of carbonyl (C=O) groups excluding carboxylic acids is 1. The van der Waals surface area contributed by atoms with Gasteiger partial charge in [-0.25, -0.2) is 4.79 Å². The Labute approximate surface area is 151 Å². The molecule has 146 valence electrons. The zero-order valence-electron chi connectivity index (χ0n) is 15.0. The Balaban J connectivity index is 1.95. The van der Waals surface area contributed by atoms with E-state index in [2.05, 4.69) is 5.32 Å². The normalized spacial score (nSPS) is 19.9. The van der Waals surface area contributed by atoms with Crippen LogP contribution in [-0.2, 0) is 6.54 Å². The van der Waals surface area contributed by atoms with Gasteiger partial charge in [-0.15, -0.1) is 0 Å². The molecule has 5 nitrogen and oxygen atoms in total. The van der Waals surface area contributed by atoms with Crippen molar-refractivity contribution >= 4 is 6.03 Å². The molecule has 0 saturated carbocycles. The van der Waals surface area contributed by atoms with Crippen LogP contribution >= 0.6 is 0 Å². The molecule has 1 heterocycles. The Hall–Kier alpha value is -1.96. The van der Waals surface area contributed by atoms with Gasteiger partial charge in [0, 0.05) is 25.2 Å². The third-order valence-corrected chi connectivity index (χ3v) is 4.66. The molecular formula is C18H25F3N2O3. The number of hydrogen-bond donors (Lipinski definition) is 2. The van der Waals surface area contributed by atoms with Crippen LogP contribution in [0.25, 0.3) is 0 Å². The molecule has 0 aromatic heterocycles. The van der Waals surface area contributed by atoms with Crippen LogP contribution in [0.15, 0.2) is 24.3 Å². The number of nitrogens with one attached hydrogen (secondary N) is 1. The lowest BCUT2D eigenvalue weighted by molar-refractivity contribution is -0.214. The number of likely N-dealkylation sites (tertiary alicyclic amines) is 1. The number of benzene rings is 1. The third kappa shape index (κ3) is 5.03. The maximum absolute atomic E-state index is 13.1.